The van der Waals surface area contributed by atoms with Crippen LogP contribution in [0.5, 0.6) is 0 Å². The van der Waals surface area contributed by atoms with Gasteiger partial charge in [-0.2, -0.15) is 4.99 Å². The Bertz CT molecular complexity index is 620. The minimum absolute atomic E-state index is 0.0696. The molecule has 0 atom stereocenters. The summed E-state index contributed by atoms with van der Waals surface area (Å²) in [5.41, 5.74) is 2.74. The van der Waals surface area contributed by atoms with Crippen LogP contribution in [0.2, 0.25) is 0 Å². The van der Waals surface area contributed by atoms with E-state index in [2.05, 4.69) is 15.6 Å². The summed E-state index contributed by atoms with van der Waals surface area (Å²) in [4.78, 5) is 37.9. The van der Waals surface area contributed by atoms with Crippen LogP contribution >= 0.6 is 11.8 Å². The van der Waals surface area contributed by atoms with Crippen molar-refractivity contribution in [1.29, 1.82) is 0 Å². The number of aliphatic imine (C=N–C) groups is 1. The molecule has 2 N–H and O–H groups in total. The smallest absolute Gasteiger partial charge is 0.257 e. The number of rotatable bonds is 3. The minimum atomic E-state index is -0.489. The van der Waals surface area contributed by atoms with Crippen LogP contribution in [-0.2, 0) is 14.4 Å². The fourth-order valence-corrected chi connectivity index (χ4v) is 2.56. The summed E-state index contributed by atoms with van der Waals surface area (Å²) in [6, 6.07) is 5.76. The molecule has 1 aromatic carbocycles. The van der Waals surface area contributed by atoms with Crippen molar-refractivity contribution in [3.8, 4) is 0 Å². The molecule has 6 nitrogen and oxygen atoms in total. The lowest BCUT2D eigenvalue weighted by Crippen LogP contribution is -2.35. The highest BCUT2D eigenvalue weighted by Crippen LogP contribution is 2.19. The van der Waals surface area contributed by atoms with Crippen LogP contribution in [0.1, 0.15) is 17.5 Å². The molecule has 0 fully saturated rings. The lowest BCUT2D eigenvalue weighted by Gasteiger charge is -2.13. The molecule has 0 bridgehead atoms. The Morgan fingerprint density at radius 2 is 2.00 bits per heavy atom. The van der Waals surface area contributed by atoms with Crippen LogP contribution in [0.4, 0.5) is 5.69 Å². The van der Waals surface area contributed by atoms with Crippen LogP contribution in [0.3, 0.4) is 0 Å². The van der Waals surface area contributed by atoms with Gasteiger partial charge in [-0.15, -0.1) is 0 Å². The van der Waals surface area contributed by atoms with Gasteiger partial charge in [-0.3, -0.25) is 14.4 Å². The molecule has 2 rings (SSSR count). The number of benzene rings is 1. The van der Waals surface area contributed by atoms with Crippen molar-refractivity contribution in [2.45, 2.75) is 20.3 Å². The maximum Gasteiger partial charge on any atom is 0.257 e. The topological polar surface area (TPSA) is 87.6 Å². The summed E-state index contributed by atoms with van der Waals surface area (Å²) in [7, 11) is 0. The van der Waals surface area contributed by atoms with Gasteiger partial charge in [0.15, 0.2) is 5.17 Å². The first-order valence-electron chi connectivity index (χ1n) is 6.36. The Hall–Kier alpha value is -2.15. The zero-order chi connectivity index (χ0) is 15.4. The monoisotopic (exact) mass is 305 g/mol. The highest BCUT2D eigenvalue weighted by atomic mass is 32.2. The van der Waals surface area contributed by atoms with Crippen LogP contribution < -0.4 is 10.6 Å². The Morgan fingerprint density at radius 3 is 2.62 bits per heavy atom. The van der Waals surface area contributed by atoms with Crippen molar-refractivity contribution in [3.05, 3.63) is 29.3 Å². The van der Waals surface area contributed by atoms with E-state index >= 15 is 0 Å². The van der Waals surface area contributed by atoms with Gasteiger partial charge in [0.2, 0.25) is 11.8 Å². The number of carbonyl (C=O) groups is 3. The minimum Gasteiger partial charge on any atom is -0.325 e. The van der Waals surface area contributed by atoms with E-state index in [1.807, 2.05) is 32.0 Å². The van der Waals surface area contributed by atoms with Gasteiger partial charge in [-0.05, 0) is 25.0 Å². The van der Waals surface area contributed by atoms with Crippen molar-refractivity contribution in [3.63, 3.8) is 0 Å². The van der Waals surface area contributed by atoms with Gasteiger partial charge in [-0.25, -0.2) is 0 Å². The number of carbonyl (C=O) groups excluding carboxylic acids is 3. The molecule has 21 heavy (non-hydrogen) atoms. The van der Waals surface area contributed by atoms with E-state index in [1.165, 1.54) is 0 Å². The number of amidine groups is 1. The molecule has 0 saturated carbocycles. The third kappa shape index (κ3) is 4.16. The molecule has 1 aromatic rings. The Kier molecular flexibility index (Phi) is 4.74. The maximum absolute atomic E-state index is 11.9. The molecule has 0 unspecified atom stereocenters. The number of anilines is 1. The predicted octanol–water partition coefficient (Wildman–Crippen LogP) is 1.38. The quantitative estimate of drug-likeness (QED) is 0.826. The first-order valence-corrected chi connectivity index (χ1v) is 7.34. The molecule has 7 heteroatoms. The molecule has 0 spiro atoms. The summed E-state index contributed by atoms with van der Waals surface area (Å²) >= 11 is 1.03. The van der Waals surface area contributed by atoms with Crippen molar-refractivity contribution in [2.24, 2.45) is 4.99 Å². The van der Waals surface area contributed by atoms with Gasteiger partial charge in [0.25, 0.3) is 5.91 Å². The molecule has 1 aliphatic rings. The predicted molar refractivity (Wildman–Crippen MR) is 82.2 cm³/mol. The highest BCUT2D eigenvalue weighted by Gasteiger charge is 2.19. The van der Waals surface area contributed by atoms with Crippen molar-refractivity contribution >= 4 is 40.3 Å². The van der Waals surface area contributed by atoms with E-state index in [0.29, 0.717) is 0 Å². The summed E-state index contributed by atoms with van der Waals surface area (Å²) in [6.07, 6.45) is -0.237. The van der Waals surface area contributed by atoms with Crippen molar-refractivity contribution in [1.82, 2.24) is 5.32 Å². The average molecular weight is 305 g/mol. The molecule has 110 valence electrons. The van der Waals surface area contributed by atoms with Crippen LogP contribution in [-0.4, -0.2) is 28.6 Å². The SMILES string of the molecule is Cc1cccc(C)c1NC(=O)CSC1=NC(=O)CC(=O)N1. The molecule has 0 radical (unpaired) electrons. The summed E-state index contributed by atoms with van der Waals surface area (Å²) < 4.78 is 0. The van der Waals surface area contributed by atoms with E-state index in [4.69, 9.17) is 0 Å². The number of aryl methyl sites for hydroxylation is 2. The van der Waals surface area contributed by atoms with E-state index in [9.17, 15) is 14.4 Å². The molecule has 3 amide bonds. The molecule has 1 heterocycles. The Morgan fingerprint density at radius 1 is 1.33 bits per heavy atom. The third-order valence-electron chi connectivity index (χ3n) is 2.87. The Labute approximate surface area is 126 Å². The van der Waals surface area contributed by atoms with E-state index in [-0.39, 0.29) is 23.2 Å². The fourth-order valence-electron chi connectivity index (χ4n) is 1.87. The second kappa shape index (κ2) is 6.53. The second-order valence-electron chi connectivity index (χ2n) is 4.64. The number of amides is 3. The molecule has 0 aromatic heterocycles. The summed E-state index contributed by atoms with van der Waals surface area (Å²) in [5.74, 6) is -1.03. The summed E-state index contributed by atoms with van der Waals surface area (Å²) in [5, 5.41) is 5.46. The van der Waals surface area contributed by atoms with Crippen LogP contribution in [0.25, 0.3) is 0 Å². The molecule has 0 saturated heterocycles. The number of thioether (sulfide) groups is 1. The molecule has 1 aliphatic heterocycles. The van der Waals surface area contributed by atoms with Crippen molar-refractivity contribution < 1.29 is 14.4 Å². The first kappa shape index (κ1) is 15.2. The standard InChI is InChI=1S/C14H15N3O3S/c1-8-4-3-5-9(2)13(8)15-12(20)7-21-14-16-10(18)6-11(19)17-14/h3-5H,6-7H2,1-2H3,(H,15,20)(H,16,17,18,19). The van der Waals surface area contributed by atoms with Gasteiger partial charge in [0.05, 0.1) is 5.75 Å². The molecular formula is C14H15N3O3S. The average Bonchev–Trinajstić information content (AvgIpc) is 2.40. The number of para-hydroxylation sites is 1. The normalized spacial score (nSPS) is 14.5. The number of nitrogens with zero attached hydrogens (tertiary/aromatic N) is 1. The van der Waals surface area contributed by atoms with E-state index < -0.39 is 11.8 Å². The molecular weight excluding hydrogens is 290 g/mol. The zero-order valence-electron chi connectivity index (χ0n) is 11.7. The van der Waals surface area contributed by atoms with Gasteiger partial charge >= 0.3 is 0 Å². The van der Waals surface area contributed by atoms with E-state index in [1.54, 1.807) is 0 Å². The lowest BCUT2D eigenvalue weighted by molar-refractivity contribution is -0.127. The summed E-state index contributed by atoms with van der Waals surface area (Å²) in [6.45, 7) is 3.83. The molecule has 0 aliphatic carbocycles. The third-order valence-corrected chi connectivity index (χ3v) is 3.74. The lowest BCUT2D eigenvalue weighted by atomic mass is 10.1. The Balaban J connectivity index is 1.94. The number of nitrogens with one attached hydrogen (secondary N) is 2. The zero-order valence-corrected chi connectivity index (χ0v) is 12.5. The van der Waals surface area contributed by atoms with Crippen LogP contribution in [0, 0.1) is 13.8 Å². The fraction of sp³-hybridized carbons (Fsp3) is 0.286. The first-order chi connectivity index (χ1) is 9.95. The van der Waals surface area contributed by atoms with Gasteiger partial charge in [0.1, 0.15) is 6.42 Å². The van der Waals surface area contributed by atoms with Gasteiger partial charge < -0.3 is 10.6 Å². The second-order valence-corrected chi connectivity index (χ2v) is 5.60. The number of hydrogen-bond donors (Lipinski definition) is 2. The van der Waals surface area contributed by atoms with Gasteiger partial charge in [0, 0.05) is 5.69 Å². The van der Waals surface area contributed by atoms with Crippen LogP contribution in [0.15, 0.2) is 23.2 Å². The largest absolute Gasteiger partial charge is 0.325 e. The van der Waals surface area contributed by atoms with Crippen molar-refractivity contribution in [2.75, 3.05) is 11.1 Å². The van der Waals surface area contributed by atoms with Gasteiger partial charge in [-0.1, -0.05) is 30.0 Å². The maximum atomic E-state index is 11.9. The highest BCUT2D eigenvalue weighted by molar-refractivity contribution is 8.14. The number of hydrogen-bond acceptors (Lipinski definition) is 4. The van der Waals surface area contributed by atoms with E-state index in [0.717, 1.165) is 28.6 Å².